The fraction of sp³-hybridized carbons (Fsp3) is 0.105. The molecule has 0 saturated carbocycles. The van der Waals surface area contributed by atoms with Gasteiger partial charge in [0.05, 0.1) is 6.54 Å². The average molecular weight is 334 g/mol. The predicted octanol–water partition coefficient (Wildman–Crippen LogP) is 2.31. The second-order valence-electron chi connectivity index (χ2n) is 5.67. The van der Waals surface area contributed by atoms with E-state index in [1.54, 1.807) is 35.1 Å². The van der Waals surface area contributed by atoms with Crippen molar-refractivity contribution in [1.29, 1.82) is 0 Å². The molecular formula is C19H18N4O2. The van der Waals surface area contributed by atoms with Crippen molar-refractivity contribution in [3.8, 4) is 0 Å². The first-order chi connectivity index (χ1) is 12.1. The minimum absolute atomic E-state index is 0.358. The van der Waals surface area contributed by atoms with Crippen molar-refractivity contribution < 1.29 is 9.59 Å². The first kappa shape index (κ1) is 16.4. The molecule has 2 amide bonds. The van der Waals surface area contributed by atoms with E-state index in [9.17, 15) is 9.59 Å². The van der Waals surface area contributed by atoms with Gasteiger partial charge in [-0.1, -0.05) is 29.8 Å². The van der Waals surface area contributed by atoms with Gasteiger partial charge in [0.15, 0.2) is 0 Å². The first-order valence-electron chi connectivity index (χ1n) is 7.85. The Bertz CT molecular complexity index is 853. The molecule has 3 aromatic rings. The highest BCUT2D eigenvalue weighted by molar-refractivity contribution is 5.99. The molecule has 0 saturated heterocycles. The number of nitrogens with zero attached hydrogens (tertiary/aromatic N) is 2. The number of hydrogen-bond donors (Lipinski definition) is 2. The highest BCUT2D eigenvalue weighted by Crippen LogP contribution is 2.06. The van der Waals surface area contributed by atoms with Gasteiger partial charge in [0.2, 0.25) is 0 Å². The van der Waals surface area contributed by atoms with Crippen molar-refractivity contribution >= 4 is 11.8 Å². The van der Waals surface area contributed by atoms with Crippen LogP contribution in [0.15, 0.2) is 67.0 Å². The van der Waals surface area contributed by atoms with Crippen LogP contribution < -0.4 is 10.9 Å². The number of benzene rings is 2. The molecule has 1 heterocycles. The first-order valence-corrected chi connectivity index (χ1v) is 7.85. The van der Waals surface area contributed by atoms with E-state index in [1.807, 2.05) is 43.5 Å². The summed E-state index contributed by atoms with van der Waals surface area (Å²) in [5.74, 6) is -0.727. The molecule has 0 fully saturated rings. The summed E-state index contributed by atoms with van der Waals surface area (Å²) in [5.41, 5.74) is 7.89. The highest BCUT2D eigenvalue weighted by Gasteiger charge is 2.09. The Balaban J connectivity index is 1.55. The van der Waals surface area contributed by atoms with Crippen molar-refractivity contribution in [1.82, 2.24) is 20.6 Å². The molecule has 6 heteroatoms. The molecule has 0 aliphatic rings. The van der Waals surface area contributed by atoms with Crippen LogP contribution in [0.3, 0.4) is 0 Å². The Morgan fingerprint density at radius 3 is 2.00 bits per heavy atom. The Labute approximate surface area is 145 Å². The summed E-state index contributed by atoms with van der Waals surface area (Å²) in [4.78, 5) is 24.1. The molecule has 0 aliphatic heterocycles. The lowest BCUT2D eigenvalue weighted by atomic mass is 10.1. The van der Waals surface area contributed by atoms with Crippen LogP contribution in [0.5, 0.6) is 0 Å². The summed E-state index contributed by atoms with van der Waals surface area (Å²) < 4.78 is 1.80. The summed E-state index contributed by atoms with van der Waals surface area (Å²) in [5, 5.41) is 4.14. The number of rotatable bonds is 4. The van der Waals surface area contributed by atoms with Crippen molar-refractivity contribution in [2.75, 3.05) is 0 Å². The van der Waals surface area contributed by atoms with Crippen LogP contribution in [0, 0.1) is 6.92 Å². The fourth-order valence-corrected chi connectivity index (χ4v) is 2.31. The third-order valence-electron chi connectivity index (χ3n) is 3.72. The lowest BCUT2D eigenvalue weighted by Crippen LogP contribution is -2.41. The van der Waals surface area contributed by atoms with Gasteiger partial charge in [-0.15, -0.1) is 0 Å². The third-order valence-corrected chi connectivity index (χ3v) is 3.72. The topological polar surface area (TPSA) is 76.0 Å². The Morgan fingerprint density at radius 2 is 1.48 bits per heavy atom. The van der Waals surface area contributed by atoms with E-state index in [-0.39, 0.29) is 11.8 Å². The number of aryl methyl sites for hydroxylation is 1. The van der Waals surface area contributed by atoms with E-state index in [0.29, 0.717) is 17.7 Å². The van der Waals surface area contributed by atoms with Crippen molar-refractivity contribution in [3.05, 3.63) is 89.2 Å². The minimum atomic E-state index is -0.369. The zero-order valence-corrected chi connectivity index (χ0v) is 13.8. The number of hydrazine groups is 1. The summed E-state index contributed by atoms with van der Waals surface area (Å²) in [6.45, 7) is 2.58. The summed E-state index contributed by atoms with van der Waals surface area (Å²) in [6, 6.07) is 16.1. The number of hydrogen-bond acceptors (Lipinski definition) is 3. The molecule has 2 aromatic carbocycles. The number of aromatic nitrogens is 2. The Kier molecular flexibility index (Phi) is 4.89. The minimum Gasteiger partial charge on any atom is -0.268 e. The van der Waals surface area contributed by atoms with Crippen LogP contribution in [0.2, 0.25) is 0 Å². The van der Waals surface area contributed by atoms with E-state index < -0.39 is 0 Å². The summed E-state index contributed by atoms with van der Waals surface area (Å²) in [7, 11) is 0. The number of carbonyl (C=O) groups excluding carboxylic acids is 2. The van der Waals surface area contributed by atoms with Crippen LogP contribution >= 0.6 is 0 Å². The second kappa shape index (κ2) is 7.44. The van der Waals surface area contributed by atoms with Crippen LogP contribution in [0.1, 0.15) is 31.8 Å². The fourth-order valence-electron chi connectivity index (χ4n) is 2.31. The Morgan fingerprint density at radius 1 is 0.920 bits per heavy atom. The molecule has 1 aromatic heterocycles. The highest BCUT2D eigenvalue weighted by atomic mass is 16.2. The molecule has 0 aliphatic carbocycles. The van der Waals surface area contributed by atoms with E-state index in [1.165, 1.54) is 0 Å². The molecule has 3 rings (SSSR count). The van der Waals surface area contributed by atoms with Crippen LogP contribution in [-0.2, 0) is 6.54 Å². The maximum absolute atomic E-state index is 12.1. The molecule has 0 atom stereocenters. The lowest BCUT2D eigenvalue weighted by molar-refractivity contribution is 0.0846. The number of nitrogens with one attached hydrogen (secondary N) is 2. The van der Waals surface area contributed by atoms with Crippen molar-refractivity contribution in [2.45, 2.75) is 13.5 Å². The monoisotopic (exact) mass is 334 g/mol. The standard InChI is InChI=1S/C19H18N4O2/c1-14-3-7-16(8-4-14)18(24)21-22-19(25)17-9-5-15(6-10-17)13-23-12-2-11-20-23/h2-12H,13H2,1H3,(H,21,24)(H,22,25). The molecule has 2 N–H and O–H groups in total. The van der Waals surface area contributed by atoms with Gasteiger partial charge >= 0.3 is 0 Å². The van der Waals surface area contributed by atoms with Gasteiger partial charge < -0.3 is 0 Å². The van der Waals surface area contributed by atoms with Gasteiger partial charge in [0.1, 0.15) is 0 Å². The van der Waals surface area contributed by atoms with Crippen molar-refractivity contribution in [2.24, 2.45) is 0 Å². The van der Waals surface area contributed by atoms with Gasteiger partial charge in [0.25, 0.3) is 11.8 Å². The normalized spacial score (nSPS) is 10.3. The van der Waals surface area contributed by atoms with Gasteiger partial charge in [-0.25, -0.2) is 0 Å². The maximum atomic E-state index is 12.1. The zero-order valence-electron chi connectivity index (χ0n) is 13.8. The predicted molar refractivity (Wildman–Crippen MR) is 93.9 cm³/mol. The van der Waals surface area contributed by atoms with Gasteiger partial charge in [-0.2, -0.15) is 5.10 Å². The quantitative estimate of drug-likeness (QED) is 0.719. The second-order valence-corrected chi connectivity index (χ2v) is 5.67. The zero-order chi connectivity index (χ0) is 17.6. The van der Waals surface area contributed by atoms with Crippen LogP contribution in [0.4, 0.5) is 0 Å². The molecule has 126 valence electrons. The van der Waals surface area contributed by atoms with Crippen LogP contribution in [0.25, 0.3) is 0 Å². The Hall–Kier alpha value is -3.41. The van der Waals surface area contributed by atoms with E-state index in [4.69, 9.17) is 0 Å². The molecular weight excluding hydrogens is 316 g/mol. The molecule has 0 bridgehead atoms. The lowest BCUT2D eigenvalue weighted by Gasteiger charge is -2.08. The van der Waals surface area contributed by atoms with Crippen LogP contribution in [-0.4, -0.2) is 21.6 Å². The van der Waals surface area contributed by atoms with Crippen molar-refractivity contribution in [3.63, 3.8) is 0 Å². The number of amides is 2. The maximum Gasteiger partial charge on any atom is 0.269 e. The summed E-state index contributed by atoms with van der Waals surface area (Å²) >= 11 is 0. The molecule has 6 nitrogen and oxygen atoms in total. The molecule has 0 spiro atoms. The van der Waals surface area contributed by atoms with E-state index in [2.05, 4.69) is 16.0 Å². The van der Waals surface area contributed by atoms with Gasteiger partial charge in [-0.3, -0.25) is 25.1 Å². The molecule has 25 heavy (non-hydrogen) atoms. The summed E-state index contributed by atoms with van der Waals surface area (Å²) in [6.07, 6.45) is 3.60. The average Bonchev–Trinajstić information content (AvgIpc) is 3.13. The van der Waals surface area contributed by atoms with Gasteiger partial charge in [-0.05, 0) is 42.8 Å². The largest absolute Gasteiger partial charge is 0.269 e. The smallest absolute Gasteiger partial charge is 0.268 e. The molecule has 0 radical (unpaired) electrons. The third kappa shape index (κ3) is 4.32. The number of carbonyl (C=O) groups is 2. The van der Waals surface area contributed by atoms with Gasteiger partial charge in [0, 0.05) is 23.5 Å². The van der Waals surface area contributed by atoms with E-state index in [0.717, 1.165) is 11.1 Å². The van der Waals surface area contributed by atoms with E-state index >= 15 is 0 Å². The molecule has 0 unspecified atom stereocenters. The SMILES string of the molecule is Cc1ccc(C(=O)NNC(=O)c2ccc(Cn3cccn3)cc2)cc1.